The van der Waals surface area contributed by atoms with Gasteiger partial charge in [0, 0.05) is 24.7 Å². The molecule has 2 amide bonds. The Balaban J connectivity index is 1.55. The number of rotatable bonds is 11. The third-order valence-electron chi connectivity index (χ3n) is 6.23. The van der Waals surface area contributed by atoms with Crippen molar-refractivity contribution in [2.24, 2.45) is 4.99 Å². The van der Waals surface area contributed by atoms with Gasteiger partial charge in [0.1, 0.15) is 16.7 Å². The number of ether oxygens (including phenoxy) is 3. The topological polar surface area (TPSA) is 107 Å². The molecule has 1 saturated heterocycles. The quantitative estimate of drug-likeness (QED) is 0.302. The Morgan fingerprint density at radius 3 is 2.44 bits per heavy atom. The molecule has 0 saturated carbocycles. The van der Waals surface area contributed by atoms with Gasteiger partial charge in [-0.15, -0.1) is 0 Å². The Morgan fingerprint density at radius 2 is 1.76 bits per heavy atom. The molecule has 1 fully saturated rings. The minimum Gasteiger partial charge on any atom is -0.497 e. The third-order valence-corrected chi connectivity index (χ3v) is 7.42. The lowest BCUT2D eigenvalue weighted by molar-refractivity contribution is -0.129. The number of thioether (sulfide) groups is 1. The smallest absolute Gasteiger partial charge is 0.338 e. The van der Waals surface area contributed by atoms with Crippen molar-refractivity contribution in [2.45, 2.75) is 31.9 Å². The van der Waals surface area contributed by atoms with Crippen LogP contribution < -0.4 is 14.8 Å². The van der Waals surface area contributed by atoms with Crippen LogP contribution in [0, 0.1) is 0 Å². The highest BCUT2D eigenvalue weighted by molar-refractivity contribution is 8.15. The summed E-state index contributed by atoms with van der Waals surface area (Å²) < 4.78 is 15.8. The van der Waals surface area contributed by atoms with Gasteiger partial charge in [0.05, 0.1) is 31.6 Å². The lowest BCUT2D eigenvalue weighted by atomic mass is 10.1. The fraction of sp³-hybridized carbons (Fsp3) is 0.290. The molecule has 4 rings (SSSR count). The molecule has 0 radical (unpaired) electrons. The van der Waals surface area contributed by atoms with Crippen molar-refractivity contribution in [3.63, 3.8) is 0 Å². The van der Waals surface area contributed by atoms with E-state index < -0.39 is 11.2 Å². The van der Waals surface area contributed by atoms with Crippen LogP contribution in [-0.4, -0.2) is 60.0 Å². The van der Waals surface area contributed by atoms with E-state index in [1.165, 1.54) is 11.8 Å². The maximum atomic E-state index is 13.4. The Hall–Kier alpha value is -4.31. The van der Waals surface area contributed by atoms with Crippen LogP contribution in [0.2, 0.25) is 0 Å². The first kappa shape index (κ1) is 29.7. The maximum Gasteiger partial charge on any atom is 0.338 e. The largest absolute Gasteiger partial charge is 0.497 e. The van der Waals surface area contributed by atoms with Crippen LogP contribution in [0.4, 0.5) is 11.4 Å². The molecule has 10 heteroatoms. The number of methoxy groups -OCH3 is 1. The zero-order valence-electron chi connectivity index (χ0n) is 23.3. The average Bonchev–Trinajstić information content (AvgIpc) is 2.98. The predicted octanol–water partition coefficient (Wildman–Crippen LogP) is 5.47. The van der Waals surface area contributed by atoms with Crippen molar-refractivity contribution < 1.29 is 28.6 Å². The van der Waals surface area contributed by atoms with Crippen molar-refractivity contribution in [1.82, 2.24) is 4.90 Å². The SMILES string of the molecule is CCOC(=O)c1ccc(N=C2SC(C(=O)Nc3cccc(OCC)c3)CC(=O)N2CCc2ccc(OC)cc2)cc1. The second kappa shape index (κ2) is 14.4. The summed E-state index contributed by atoms with van der Waals surface area (Å²) in [5.41, 5.74) is 2.58. The molecule has 1 unspecified atom stereocenters. The van der Waals surface area contributed by atoms with Gasteiger partial charge in [-0.05, 0) is 74.4 Å². The average molecular weight is 576 g/mol. The van der Waals surface area contributed by atoms with Crippen LogP contribution in [0.5, 0.6) is 11.5 Å². The highest BCUT2D eigenvalue weighted by Crippen LogP contribution is 2.31. The van der Waals surface area contributed by atoms with Gasteiger partial charge in [-0.2, -0.15) is 0 Å². The lowest BCUT2D eigenvalue weighted by Gasteiger charge is -2.32. The monoisotopic (exact) mass is 575 g/mol. The molecule has 1 aliphatic rings. The number of nitrogens with one attached hydrogen (secondary N) is 1. The minimum absolute atomic E-state index is 0.0328. The molecule has 0 aliphatic carbocycles. The summed E-state index contributed by atoms with van der Waals surface area (Å²) in [7, 11) is 1.61. The summed E-state index contributed by atoms with van der Waals surface area (Å²) in [5.74, 6) is 0.503. The van der Waals surface area contributed by atoms with E-state index in [-0.39, 0.29) is 24.8 Å². The number of amidine groups is 1. The molecular weight excluding hydrogens is 542 g/mol. The number of aliphatic imine (C=N–C) groups is 1. The van der Waals surface area contributed by atoms with Crippen LogP contribution >= 0.6 is 11.8 Å². The van der Waals surface area contributed by atoms with Gasteiger partial charge in [0.2, 0.25) is 11.8 Å². The molecule has 1 aliphatic heterocycles. The van der Waals surface area contributed by atoms with Gasteiger partial charge in [0.25, 0.3) is 0 Å². The molecular formula is C31H33N3O6S. The van der Waals surface area contributed by atoms with Crippen molar-refractivity contribution >= 4 is 46.1 Å². The molecule has 9 nitrogen and oxygen atoms in total. The highest BCUT2D eigenvalue weighted by atomic mass is 32.2. The Kier molecular flexibility index (Phi) is 10.4. The number of esters is 1. The standard InChI is InChI=1S/C31H33N3O6S/c1-4-39-26-8-6-7-24(19-26)32-29(36)27-20-28(35)34(18-17-21-9-15-25(38-3)16-10-21)31(41-27)33-23-13-11-22(12-14-23)30(37)40-5-2/h6-16,19,27H,4-5,17-18,20H2,1-3H3,(H,32,36). The van der Waals surface area contributed by atoms with E-state index in [2.05, 4.69) is 5.32 Å². The summed E-state index contributed by atoms with van der Waals surface area (Å²) in [6.45, 7) is 4.82. The third kappa shape index (κ3) is 8.11. The number of anilines is 1. The van der Waals surface area contributed by atoms with Gasteiger partial charge in [-0.3, -0.25) is 14.5 Å². The first-order valence-electron chi connectivity index (χ1n) is 13.4. The van der Waals surface area contributed by atoms with Gasteiger partial charge in [0.15, 0.2) is 5.17 Å². The number of carbonyl (C=O) groups excluding carboxylic acids is 3. The van der Waals surface area contributed by atoms with E-state index in [0.29, 0.717) is 47.4 Å². The number of hydrogen-bond donors (Lipinski definition) is 1. The van der Waals surface area contributed by atoms with Crippen molar-refractivity contribution in [3.05, 3.63) is 83.9 Å². The van der Waals surface area contributed by atoms with Crippen molar-refractivity contribution in [3.8, 4) is 11.5 Å². The zero-order valence-corrected chi connectivity index (χ0v) is 24.1. The minimum atomic E-state index is -0.673. The van der Waals surface area contributed by atoms with Crippen LogP contribution in [-0.2, 0) is 20.7 Å². The van der Waals surface area contributed by atoms with Crippen LogP contribution in [0.3, 0.4) is 0 Å². The summed E-state index contributed by atoms with van der Waals surface area (Å²) in [6.07, 6.45) is 0.628. The maximum absolute atomic E-state index is 13.4. The van der Waals surface area contributed by atoms with Crippen molar-refractivity contribution in [2.75, 3.05) is 32.2 Å². The lowest BCUT2D eigenvalue weighted by Crippen LogP contribution is -2.46. The van der Waals surface area contributed by atoms with E-state index >= 15 is 0 Å². The van der Waals surface area contributed by atoms with E-state index in [1.807, 2.05) is 37.3 Å². The van der Waals surface area contributed by atoms with E-state index in [9.17, 15) is 14.4 Å². The number of benzene rings is 3. The zero-order chi connectivity index (χ0) is 29.2. The summed E-state index contributed by atoms with van der Waals surface area (Å²) in [6, 6.07) is 21.4. The highest BCUT2D eigenvalue weighted by Gasteiger charge is 2.36. The van der Waals surface area contributed by atoms with Crippen LogP contribution in [0.15, 0.2) is 77.8 Å². The van der Waals surface area contributed by atoms with Gasteiger partial charge < -0.3 is 19.5 Å². The molecule has 3 aromatic carbocycles. The molecule has 214 valence electrons. The molecule has 1 heterocycles. The van der Waals surface area contributed by atoms with Crippen LogP contribution in [0.1, 0.15) is 36.2 Å². The van der Waals surface area contributed by atoms with Gasteiger partial charge in [-0.1, -0.05) is 30.0 Å². The Labute approximate surface area is 243 Å². The normalized spacial score (nSPS) is 15.9. The second-order valence-electron chi connectivity index (χ2n) is 9.07. The fourth-order valence-electron chi connectivity index (χ4n) is 4.14. The Morgan fingerprint density at radius 1 is 1.00 bits per heavy atom. The first-order chi connectivity index (χ1) is 19.9. The molecule has 0 spiro atoms. The molecule has 1 atom stereocenters. The van der Waals surface area contributed by atoms with E-state index in [0.717, 1.165) is 11.3 Å². The van der Waals surface area contributed by atoms with E-state index in [1.54, 1.807) is 61.4 Å². The van der Waals surface area contributed by atoms with Crippen molar-refractivity contribution in [1.29, 1.82) is 0 Å². The molecule has 41 heavy (non-hydrogen) atoms. The molecule has 1 N–H and O–H groups in total. The molecule has 3 aromatic rings. The summed E-state index contributed by atoms with van der Waals surface area (Å²) in [4.78, 5) is 45.0. The summed E-state index contributed by atoms with van der Waals surface area (Å²) >= 11 is 1.24. The van der Waals surface area contributed by atoms with Gasteiger partial charge >= 0.3 is 5.97 Å². The fourth-order valence-corrected chi connectivity index (χ4v) is 5.27. The number of hydrogen-bond acceptors (Lipinski definition) is 8. The van der Waals surface area contributed by atoms with E-state index in [4.69, 9.17) is 19.2 Å². The first-order valence-corrected chi connectivity index (χ1v) is 14.3. The predicted molar refractivity (Wildman–Crippen MR) is 160 cm³/mol. The number of nitrogens with zero attached hydrogens (tertiary/aromatic N) is 2. The number of amides is 2. The number of carbonyl (C=O) groups is 3. The Bertz CT molecular complexity index is 1390. The molecule has 0 bridgehead atoms. The van der Waals surface area contributed by atoms with Gasteiger partial charge in [-0.25, -0.2) is 9.79 Å². The second-order valence-corrected chi connectivity index (χ2v) is 10.2. The summed E-state index contributed by atoms with van der Waals surface area (Å²) in [5, 5.41) is 2.65. The van der Waals surface area contributed by atoms with Crippen LogP contribution in [0.25, 0.3) is 0 Å². The molecule has 0 aromatic heterocycles.